The van der Waals surface area contributed by atoms with Gasteiger partial charge in [-0.2, -0.15) is 5.10 Å². The first kappa shape index (κ1) is 32.4. The van der Waals surface area contributed by atoms with Crippen LogP contribution < -0.4 is 15.4 Å². The lowest BCUT2D eigenvalue weighted by Gasteiger charge is -2.35. The van der Waals surface area contributed by atoms with Gasteiger partial charge in [0, 0.05) is 38.7 Å². The Balaban J connectivity index is 1.76. The maximum Gasteiger partial charge on any atom is 0.409 e. The molecule has 232 valence electrons. The molecule has 3 rings (SSSR count). The third-order valence-corrected chi connectivity index (χ3v) is 6.38. The SMILES string of the molecule is CCOC(=O)N1CCN(C(=O)[C@H](CCC(=O)O)NC(=O)c2cc(OCC(=O)N[C@@H](C)C(=O)O)n(-c3ccccc3)n2)CC1. The third-order valence-electron chi connectivity index (χ3n) is 6.38. The van der Waals surface area contributed by atoms with E-state index in [0.29, 0.717) is 5.69 Å². The maximum atomic E-state index is 13.3. The van der Waals surface area contributed by atoms with Gasteiger partial charge in [-0.25, -0.2) is 9.48 Å². The van der Waals surface area contributed by atoms with Crippen LogP contribution in [0.3, 0.4) is 0 Å². The van der Waals surface area contributed by atoms with Crippen molar-refractivity contribution in [2.24, 2.45) is 0 Å². The Labute approximate surface area is 246 Å². The summed E-state index contributed by atoms with van der Waals surface area (Å²) in [7, 11) is 0. The zero-order valence-corrected chi connectivity index (χ0v) is 23.7. The summed E-state index contributed by atoms with van der Waals surface area (Å²) in [6, 6.07) is 7.41. The van der Waals surface area contributed by atoms with Gasteiger partial charge >= 0.3 is 18.0 Å². The quantitative estimate of drug-likeness (QED) is 0.242. The summed E-state index contributed by atoms with van der Waals surface area (Å²) < 4.78 is 11.8. The minimum Gasteiger partial charge on any atom is -0.481 e. The fourth-order valence-corrected chi connectivity index (χ4v) is 4.12. The lowest BCUT2D eigenvalue weighted by Crippen LogP contribution is -2.56. The van der Waals surface area contributed by atoms with Crippen molar-refractivity contribution < 1.29 is 48.5 Å². The Morgan fingerprint density at radius 3 is 2.23 bits per heavy atom. The van der Waals surface area contributed by atoms with Gasteiger partial charge in [-0.05, 0) is 32.4 Å². The molecule has 2 atom stereocenters. The number of carbonyl (C=O) groups is 6. The van der Waals surface area contributed by atoms with Gasteiger partial charge in [0.2, 0.25) is 11.8 Å². The molecule has 0 unspecified atom stereocenters. The molecule has 1 fully saturated rings. The molecule has 0 bridgehead atoms. The molecular weight excluding hydrogens is 568 g/mol. The molecule has 1 aliphatic heterocycles. The van der Waals surface area contributed by atoms with E-state index in [0.717, 1.165) is 0 Å². The molecule has 2 heterocycles. The van der Waals surface area contributed by atoms with Crippen molar-refractivity contribution in [1.82, 2.24) is 30.2 Å². The summed E-state index contributed by atoms with van der Waals surface area (Å²) >= 11 is 0. The van der Waals surface area contributed by atoms with E-state index in [9.17, 15) is 33.9 Å². The molecule has 1 saturated heterocycles. The van der Waals surface area contributed by atoms with Crippen molar-refractivity contribution in [2.75, 3.05) is 39.4 Å². The van der Waals surface area contributed by atoms with Gasteiger partial charge in [0.05, 0.1) is 12.3 Å². The van der Waals surface area contributed by atoms with Gasteiger partial charge in [-0.1, -0.05) is 18.2 Å². The van der Waals surface area contributed by atoms with Gasteiger partial charge in [-0.3, -0.25) is 24.0 Å². The number of aliphatic carboxylic acids is 2. The molecule has 0 spiro atoms. The number of rotatable bonds is 13. The topological polar surface area (TPSA) is 210 Å². The summed E-state index contributed by atoms with van der Waals surface area (Å²) in [5.74, 6) is -4.42. The number of para-hydroxylation sites is 1. The van der Waals surface area contributed by atoms with E-state index in [4.69, 9.17) is 14.6 Å². The number of nitrogens with one attached hydrogen (secondary N) is 2. The van der Waals surface area contributed by atoms with Gasteiger partial charge in [0.1, 0.15) is 12.1 Å². The first-order valence-corrected chi connectivity index (χ1v) is 13.5. The second kappa shape index (κ2) is 15.2. The van der Waals surface area contributed by atoms with Crippen LogP contribution in [-0.4, -0.2) is 117 Å². The van der Waals surface area contributed by atoms with Crippen LogP contribution in [0.1, 0.15) is 37.2 Å². The molecule has 4 N–H and O–H groups in total. The minimum atomic E-state index is -1.23. The van der Waals surface area contributed by atoms with Crippen molar-refractivity contribution in [3.8, 4) is 11.6 Å². The summed E-state index contributed by atoms with van der Waals surface area (Å²) in [5.41, 5.74) is 0.298. The zero-order valence-electron chi connectivity index (χ0n) is 23.7. The second-order valence-corrected chi connectivity index (χ2v) is 9.50. The van der Waals surface area contributed by atoms with Gasteiger partial charge < -0.3 is 40.1 Å². The average Bonchev–Trinajstić information content (AvgIpc) is 3.43. The number of piperazine rings is 1. The van der Waals surface area contributed by atoms with E-state index >= 15 is 0 Å². The maximum absolute atomic E-state index is 13.3. The lowest BCUT2D eigenvalue weighted by atomic mass is 10.1. The molecule has 1 aliphatic rings. The van der Waals surface area contributed by atoms with E-state index < -0.39 is 60.9 Å². The van der Waals surface area contributed by atoms with Gasteiger partial charge in [0.15, 0.2) is 12.3 Å². The summed E-state index contributed by atoms with van der Waals surface area (Å²) in [4.78, 5) is 76.0. The zero-order chi connectivity index (χ0) is 31.5. The number of carbonyl (C=O) groups excluding carboxylic acids is 4. The molecule has 0 aliphatic carbocycles. The Hall–Kier alpha value is -5.15. The van der Waals surface area contributed by atoms with E-state index in [1.54, 1.807) is 37.3 Å². The standard InChI is InChI=1S/C27H34N6O10/c1-3-42-27(41)32-13-11-31(12-14-32)25(38)19(9-10-23(35)36)29-24(37)20-15-22(33(30-20)18-7-5-4-6-8-18)43-16-21(34)28-17(2)26(39)40/h4-8,15,17,19H,3,9-14,16H2,1-2H3,(H,28,34)(H,29,37)(H,35,36)(H,39,40)/t17-,19-/m0/s1. The number of carboxylic acid groups (broad SMARTS) is 2. The third kappa shape index (κ3) is 9.17. The van der Waals surface area contributed by atoms with Crippen LogP contribution in [0, 0.1) is 0 Å². The second-order valence-electron chi connectivity index (χ2n) is 9.50. The molecule has 1 aromatic carbocycles. The summed E-state index contributed by atoms with van der Waals surface area (Å²) in [5, 5.41) is 27.3. The first-order valence-electron chi connectivity index (χ1n) is 13.5. The van der Waals surface area contributed by atoms with Crippen molar-refractivity contribution >= 4 is 35.8 Å². The molecule has 1 aromatic heterocycles. The van der Waals surface area contributed by atoms with E-state index in [1.807, 2.05) is 0 Å². The van der Waals surface area contributed by atoms with Gasteiger partial charge in [0.25, 0.3) is 11.8 Å². The summed E-state index contributed by atoms with van der Waals surface area (Å²) in [6.45, 7) is 3.38. The van der Waals surface area contributed by atoms with Crippen molar-refractivity contribution in [2.45, 2.75) is 38.8 Å². The Kier molecular flexibility index (Phi) is 11.4. The van der Waals surface area contributed by atoms with Crippen LogP contribution >= 0.6 is 0 Å². The smallest absolute Gasteiger partial charge is 0.409 e. The van der Waals surface area contributed by atoms with Crippen LogP contribution in [0.4, 0.5) is 4.79 Å². The van der Waals surface area contributed by atoms with Crippen LogP contribution in [0.15, 0.2) is 36.4 Å². The van der Waals surface area contributed by atoms with Crippen LogP contribution in [0.25, 0.3) is 5.69 Å². The molecule has 16 nitrogen and oxygen atoms in total. The predicted molar refractivity (Wildman–Crippen MR) is 148 cm³/mol. The molecule has 0 radical (unpaired) electrons. The molecular formula is C27H34N6O10. The Morgan fingerprint density at radius 2 is 1.63 bits per heavy atom. The molecule has 43 heavy (non-hydrogen) atoms. The number of ether oxygens (including phenoxy) is 2. The largest absolute Gasteiger partial charge is 0.481 e. The lowest BCUT2D eigenvalue weighted by molar-refractivity contribution is -0.141. The molecule has 0 saturated carbocycles. The van der Waals surface area contributed by atoms with Crippen molar-refractivity contribution in [3.05, 3.63) is 42.1 Å². The monoisotopic (exact) mass is 602 g/mol. The van der Waals surface area contributed by atoms with E-state index in [2.05, 4.69) is 15.7 Å². The van der Waals surface area contributed by atoms with Crippen LogP contribution in [0.5, 0.6) is 5.88 Å². The number of carboxylic acids is 2. The number of hydrogen-bond donors (Lipinski definition) is 4. The van der Waals surface area contributed by atoms with Crippen molar-refractivity contribution in [3.63, 3.8) is 0 Å². The number of amides is 4. The van der Waals surface area contributed by atoms with E-state index in [1.165, 1.54) is 27.5 Å². The fourth-order valence-electron chi connectivity index (χ4n) is 4.12. The minimum absolute atomic E-state index is 0.0158. The predicted octanol–water partition coefficient (Wildman–Crippen LogP) is 0.104. The molecule has 2 aromatic rings. The van der Waals surface area contributed by atoms with Crippen LogP contribution in [0.2, 0.25) is 0 Å². The highest BCUT2D eigenvalue weighted by Gasteiger charge is 2.31. The number of aromatic nitrogens is 2. The van der Waals surface area contributed by atoms with Gasteiger partial charge in [-0.15, -0.1) is 0 Å². The highest BCUT2D eigenvalue weighted by Crippen LogP contribution is 2.20. The molecule has 4 amide bonds. The van der Waals surface area contributed by atoms with E-state index in [-0.39, 0.29) is 50.8 Å². The fraction of sp³-hybridized carbons (Fsp3) is 0.444. The summed E-state index contributed by atoms with van der Waals surface area (Å²) in [6.07, 6.45) is -1.08. The Morgan fingerprint density at radius 1 is 0.977 bits per heavy atom. The first-order chi connectivity index (χ1) is 20.5. The normalized spacial score (nSPS) is 14.3. The number of hydrogen-bond acceptors (Lipinski definition) is 9. The number of nitrogens with zero attached hydrogens (tertiary/aromatic N) is 4. The highest BCUT2D eigenvalue weighted by molar-refractivity contribution is 5.96. The van der Waals surface area contributed by atoms with Crippen molar-refractivity contribution in [1.29, 1.82) is 0 Å². The average molecular weight is 603 g/mol. The highest BCUT2D eigenvalue weighted by atomic mass is 16.6. The van der Waals surface area contributed by atoms with Crippen LogP contribution in [-0.2, 0) is 23.9 Å². The Bertz CT molecular complexity index is 1320. The number of benzene rings is 1. The molecule has 16 heteroatoms.